The number of nitrogens with one attached hydrogen (secondary N) is 1. The van der Waals surface area contributed by atoms with E-state index in [9.17, 15) is 22.8 Å². The summed E-state index contributed by atoms with van der Waals surface area (Å²) < 4.78 is 40.6. The van der Waals surface area contributed by atoms with E-state index >= 15 is 0 Å². The minimum atomic E-state index is -0.968. The van der Waals surface area contributed by atoms with Crippen molar-refractivity contribution < 1.29 is 22.8 Å². The standard InChI is InChI=1S/C33H32F3N3O2/c1-2-39(30-17-15-29(36)16-18-30)37-32(41)33(26-9-13-28(35)14-10-26)19-21-38(22-20-33)31(40)25-5-3-23(4-6-25)24-7-11-27(34)12-8-24/h3-17,30H,2,18-22H2,1H3,(H,37,41). The summed E-state index contributed by atoms with van der Waals surface area (Å²) in [7, 11) is 0. The van der Waals surface area contributed by atoms with Crippen molar-refractivity contribution in [3.8, 4) is 11.1 Å². The third-order valence-electron chi connectivity index (χ3n) is 8.06. The second-order valence-electron chi connectivity index (χ2n) is 10.4. The van der Waals surface area contributed by atoms with Crippen molar-refractivity contribution in [1.82, 2.24) is 15.3 Å². The van der Waals surface area contributed by atoms with Crippen molar-refractivity contribution in [2.24, 2.45) is 0 Å². The SMILES string of the molecule is CCN(NC(=O)C1(c2ccc(F)cc2)CCN(C(=O)c2ccc(-c3ccc(F)cc3)cc2)CC1)C1C=CC(F)=CC1. The molecule has 8 heteroatoms. The van der Waals surface area contributed by atoms with Crippen molar-refractivity contribution in [3.05, 3.63) is 120 Å². The number of benzene rings is 3. The van der Waals surface area contributed by atoms with E-state index in [-0.39, 0.29) is 29.5 Å². The molecule has 1 aliphatic carbocycles. The molecule has 3 aromatic carbocycles. The molecule has 3 aromatic rings. The van der Waals surface area contributed by atoms with Crippen LogP contribution in [0.25, 0.3) is 11.1 Å². The molecule has 1 fully saturated rings. The molecule has 5 rings (SSSR count). The molecule has 1 heterocycles. The molecule has 0 aromatic heterocycles. The maximum atomic E-state index is 13.9. The van der Waals surface area contributed by atoms with Gasteiger partial charge >= 0.3 is 0 Å². The Kier molecular flexibility index (Phi) is 8.40. The van der Waals surface area contributed by atoms with E-state index in [0.717, 1.165) is 11.1 Å². The first kappa shape index (κ1) is 28.4. The van der Waals surface area contributed by atoms with Crippen LogP contribution in [0.2, 0.25) is 0 Å². The normalized spacial score (nSPS) is 18.2. The minimum Gasteiger partial charge on any atom is -0.339 e. The van der Waals surface area contributed by atoms with Gasteiger partial charge in [0.2, 0.25) is 5.91 Å². The quantitative estimate of drug-likeness (QED) is 0.344. The van der Waals surface area contributed by atoms with Gasteiger partial charge in [0.25, 0.3) is 5.91 Å². The van der Waals surface area contributed by atoms with Crippen LogP contribution in [-0.2, 0) is 10.2 Å². The zero-order valence-corrected chi connectivity index (χ0v) is 22.8. The average Bonchev–Trinajstić information content (AvgIpc) is 3.01. The largest absolute Gasteiger partial charge is 0.339 e. The van der Waals surface area contributed by atoms with E-state index in [0.29, 0.717) is 50.0 Å². The van der Waals surface area contributed by atoms with Crippen LogP contribution in [-0.4, -0.2) is 47.4 Å². The summed E-state index contributed by atoms with van der Waals surface area (Å²) in [5, 5.41) is 1.78. The number of piperidine rings is 1. The number of likely N-dealkylation sites (N-methyl/N-ethyl adjacent to an activating group) is 1. The molecule has 0 spiro atoms. The molecule has 5 nitrogen and oxygen atoms in total. The lowest BCUT2D eigenvalue weighted by Crippen LogP contribution is -2.58. The second-order valence-corrected chi connectivity index (χ2v) is 10.4. The monoisotopic (exact) mass is 559 g/mol. The highest BCUT2D eigenvalue weighted by Crippen LogP contribution is 2.37. The maximum absolute atomic E-state index is 13.9. The number of rotatable bonds is 7. The van der Waals surface area contributed by atoms with E-state index in [2.05, 4.69) is 5.43 Å². The zero-order chi connectivity index (χ0) is 29.0. The summed E-state index contributed by atoms with van der Waals surface area (Å²) in [6.07, 6.45) is 5.77. The third-order valence-corrected chi connectivity index (χ3v) is 8.06. The van der Waals surface area contributed by atoms with Crippen molar-refractivity contribution in [2.75, 3.05) is 19.6 Å². The van der Waals surface area contributed by atoms with Gasteiger partial charge in [0.05, 0.1) is 11.5 Å². The van der Waals surface area contributed by atoms with Gasteiger partial charge in [-0.25, -0.2) is 18.2 Å². The lowest BCUT2D eigenvalue weighted by atomic mass is 9.72. The van der Waals surface area contributed by atoms with E-state index < -0.39 is 11.2 Å². The number of halogens is 3. The molecule has 1 aliphatic heterocycles. The molecule has 1 saturated heterocycles. The highest BCUT2D eigenvalue weighted by molar-refractivity contribution is 5.95. The van der Waals surface area contributed by atoms with Gasteiger partial charge in [0.1, 0.15) is 17.5 Å². The van der Waals surface area contributed by atoms with Crippen LogP contribution >= 0.6 is 0 Å². The lowest BCUT2D eigenvalue weighted by molar-refractivity contribution is -0.134. The van der Waals surface area contributed by atoms with Crippen LogP contribution in [0.1, 0.15) is 42.1 Å². The van der Waals surface area contributed by atoms with Crippen LogP contribution < -0.4 is 5.43 Å². The van der Waals surface area contributed by atoms with Gasteiger partial charge in [-0.05, 0) is 84.5 Å². The number of nitrogens with zero attached hydrogens (tertiary/aromatic N) is 2. The summed E-state index contributed by atoms with van der Waals surface area (Å²) in [5.74, 6) is -1.37. The maximum Gasteiger partial charge on any atom is 0.253 e. The molecule has 1 atom stereocenters. The topological polar surface area (TPSA) is 52.7 Å². The summed E-state index contributed by atoms with van der Waals surface area (Å²) in [4.78, 5) is 29.1. The number of carbonyl (C=O) groups is 2. The van der Waals surface area contributed by atoms with Gasteiger partial charge in [-0.2, -0.15) is 0 Å². The number of amides is 2. The summed E-state index contributed by atoms with van der Waals surface area (Å²) in [5.41, 5.74) is 5.02. The van der Waals surface area contributed by atoms with Crippen LogP contribution in [0.15, 0.2) is 96.9 Å². The summed E-state index contributed by atoms with van der Waals surface area (Å²) >= 11 is 0. The highest BCUT2D eigenvalue weighted by atomic mass is 19.1. The minimum absolute atomic E-state index is 0.139. The number of hydrogen-bond donors (Lipinski definition) is 1. The predicted octanol–water partition coefficient (Wildman–Crippen LogP) is 6.34. The summed E-state index contributed by atoms with van der Waals surface area (Å²) in [6.45, 7) is 3.10. The van der Waals surface area contributed by atoms with Gasteiger partial charge in [-0.15, -0.1) is 0 Å². The van der Waals surface area contributed by atoms with Gasteiger partial charge in [0.15, 0.2) is 0 Å². The molecule has 2 aliphatic rings. The van der Waals surface area contributed by atoms with E-state index in [1.54, 1.807) is 52.4 Å². The Bertz CT molecular complexity index is 1440. The fourth-order valence-corrected chi connectivity index (χ4v) is 5.59. The van der Waals surface area contributed by atoms with E-state index in [1.807, 2.05) is 19.1 Å². The molecular weight excluding hydrogens is 527 g/mol. The van der Waals surface area contributed by atoms with Gasteiger partial charge in [-0.1, -0.05) is 49.4 Å². The van der Waals surface area contributed by atoms with Gasteiger partial charge in [-0.3, -0.25) is 15.0 Å². The first-order valence-corrected chi connectivity index (χ1v) is 13.8. The molecule has 41 heavy (non-hydrogen) atoms. The number of allylic oxidation sites excluding steroid dienone is 2. The first-order valence-electron chi connectivity index (χ1n) is 13.8. The van der Waals surface area contributed by atoms with Gasteiger partial charge in [0, 0.05) is 25.2 Å². The Morgan fingerprint density at radius 2 is 1.44 bits per heavy atom. The fourth-order valence-electron chi connectivity index (χ4n) is 5.59. The van der Waals surface area contributed by atoms with Crippen molar-refractivity contribution in [3.63, 3.8) is 0 Å². The summed E-state index contributed by atoms with van der Waals surface area (Å²) in [6, 6.07) is 19.1. The van der Waals surface area contributed by atoms with Crippen molar-refractivity contribution in [2.45, 2.75) is 37.6 Å². The van der Waals surface area contributed by atoms with Crippen LogP contribution in [0.3, 0.4) is 0 Å². The number of carbonyl (C=O) groups excluding carboxylic acids is 2. The second kappa shape index (κ2) is 12.1. The third kappa shape index (κ3) is 6.12. The molecular formula is C33H32F3N3O2. The lowest BCUT2D eigenvalue weighted by Gasteiger charge is -2.42. The number of hydrazine groups is 1. The molecule has 2 amide bonds. The smallest absolute Gasteiger partial charge is 0.253 e. The van der Waals surface area contributed by atoms with Gasteiger partial charge < -0.3 is 4.90 Å². The number of likely N-dealkylation sites (tertiary alicyclic amines) is 1. The van der Waals surface area contributed by atoms with Crippen LogP contribution in [0.5, 0.6) is 0 Å². The van der Waals surface area contributed by atoms with Crippen LogP contribution in [0, 0.1) is 11.6 Å². The Hall–Kier alpha value is -4.17. The Balaban J connectivity index is 1.32. The number of hydrogen-bond acceptors (Lipinski definition) is 3. The molecule has 0 saturated carbocycles. The van der Waals surface area contributed by atoms with E-state index in [4.69, 9.17) is 0 Å². The van der Waals surface area contributed by atoms with Crippen molar-refractivity contribution >= 4 is 11.8 Å². The molecule has 0 bridgehead atoms. The average molecular weight is 560 g/mol. The highest BCUT2D eigenvalue weighted by Gasteiger charge is 2.44. The molecule has 0 radical (unpaired) electrons. The molecule has 1 unspecified atom stereocenters. The first-order chi connectivity index (χ1) is 19.8. The Labute approximate surface area is 237 Å². The zero-order valence-electron chi connectivity index (χ0n) is 22.8. The fraction of sp³-hybridized carbons (Fsp3) is 0.273. The van der Waals surface area contributed by atoms with Crippen molar-refractivity contribution in [1.29, 1.82) is 0 Å². The Morgan fingerprint density at radius 3 is 1.98 bits per heavy atom. The molecule has 1 N–H and O–H groups in total. The van der Waals surface area contributed by atoms with E-state index in [1.165, 1.54) is 36.4 Å². The predicted molar refractivity (Wildman–Crippen MR) is 152 cm³/mol. The Morgan fingerprint density at radius 1 is 0.878 bits per heavy atom. The van der Waals surface area contributed by atoms with Crippen LogP contribution in [0.4, 0.5) is 13.2 Å². The molecule has 212 valence electrons.